The maximum atomic E-state index is 13.6. The van der Waals surface area contributed by atoms with Crippen LogP contribution in [0.15, 0.2) is 64.0 Å². The van der Waals surface area contributed by atoms with Gasteiger partial charge in [0.1, 0.15) is 22.4 Å². The number of aromatic nitrogens is 1. The number of para-hydroxylation sites is 2. The zero-order chi connectivity index (χ0) is 25.0. The molecule has 10 heteroatoms. The van der Waals surface area contributed by atoms with Gasteiger partial charge in [0, 0.05) is 26.2 Å². The molecule has 2 heterocycles. The molecular weight excluding hydrogens is 468 g/mol. The van der Waals surface area contributed by atoms with Gasteiger partial charge < -0.3 is 14.6 Å². The molecule has 0 saturated carbocycles. The van der Waals surface area contributed by atoms with Crippen molar-refractivity contribution in [2.24, 2.45) is 0 Å². The van der Waals surface area contributed by atoms with Crippen LogP contribution in [-0.2, 0) is 14.8 Å². The van der Waals surface area contributed by atoms with Crippen LogP contribution in [0, 0.1) is 13.8 Å². The van der Waals surface area contributed by atoms with Gasteiger partial charge in [-0.25, -0.2) is 8.42 Å². The van der Waals surface area contributed by atoms with E-state index >= 15 is 0 Å². The molecule has 1 aliphatic heterocycles. The highest BCUT2D eigenvalue weighted by molar-refractivity contribution is 7.89. The Bertz CT molecular complexity index is 1250. The van der Waals surface area contributed by atoms with E-state index in [0.29, 0.717) is 36.8 Å². The maximum Gasteiger partial charge on any atom is 0.248 e. The lowest BCUT2D eigenvalue weighted by atomic mass is 10.0. The Labute approximate surface area is 205 Å². The molecule has 1 N–H and O–H groups in total. The Morgan fingerprint density at radius 3 is 2.34 bits per heavy atom. The third-order valence-electron chi connectivity index (χ3n) is 6.01. The lowest BCUT2D eigenvalue weighted by Crippen LogP contribution is -2.51. The average molecular weight is 499 g/mol. The van der Waals surface area contributed by atoms with Crippen molar-refractivity contribution < 1.29 is 22.5 Å². The summed E-state index contributed by atoms with van der Waals surface area (Å²) in [7, 11) is -3.74. The molecule has 3 aromatic rings. The van der Waals surface area contributed by atoms with Gasteiger partial charge in [-0.05, 0) is 38.5 Å². The fourth-order valence-corrected chi connectivity index (χ4v) is 6.10. The smallest absolute Gasteiger partial charge is 0.248 e. The first-order valence-electron chi connectivity index (χ1n) is 11.6. The Kier molecular flexibility index (Phi) is 7.54. The summed E-state index contributed by atoms with van der Waals surface area (Å²) in [6.07, 6.45) is 0. The van der Waals surface area contributed by atoms with E-state index < -0.39 is 16.1 Å². The summed E-state index contributed by atoms with van der Waals surface area (Å²) < 4.78 is 38.6. The maximum absolute atomic E-state index is 13.6. The number of nitrogens with zero attached hydrogens (tertiary/aromatic N) is 3. The van der Waals surface area contributed by atoms with Crippen molar-refractivity contribution in [1.82, 2.24) is 14.4 Å². The monoisotopic (exact) mass is 498 g/mol. The second-order valence-electron chi connectivity index (χ2n) is 8.32. The van der Waals surface area contributed by atoms with Crippen molar-refractivity contribution in [1.29, 1.82) is 0 Å². The first kappa shape index (κ1) is 24.9. The zero-order valence-electron chi connectivity index (χ0n) is 20.1. The van der Waals surface area contributed by atoms with Gasteiger partial charge in [-0.15, -0.1) is 0 Å². The predicted molar refractivity (Wildman–Crippen MR) is 132 cm³/mol. The highest BCUT2D eigenvalue weighted by atomic mass is 32.2. The van der Waals surface area contributed by atoms with Gasteiger partial charge in [0.25, 0.3) is 0 Å². The highest BCUT2D eigenvalue weighted by Crippen LogP contribution is 2.30. The average Bonchev–Trinajstić information content (AvgIpc) is 3.20. The number of ether oxygens (including phenoxy) is 1. The third kappa shape index (κ3) is 5.24. The van der Waals surface area contributed by atoms with Gasteiger partial charge >= 0.3 is 0 Å². The second kappa shape index (κ2) is 10.6. The molecule has 9 nitrogen and oxygen atoms in total. The van der Waals surface area contributed by atoms with Crippen LogP contribution in [-0.4, -0.2) is 61.5 Å². The summed E-state index contributed by atoms with van der Waals surface area (Å²) >= 11 is 0. The number of aryl methyl sites for hydroxylation is 2. The minimum absolute atomic E-state index is 0.121. The third-order valence-corrected chi connectivity index (χ3v) is 8.16. The molecule has 4 rings (SSSR count). The first-order chi connectivity index (χ1) is 16.8. The van der Waals surface area contributed by atoms with Crippen LogP contribution in [0.5, 0.6) is 5.75 Å². The predicted octanol–water partition coefficient (Wildman–Crippen LogP) is 3.38. The minimum Gasteiger partial charge on any atom is -0.492 e. The molecule has 1 amide bonds. The van der Waals surface area contributed by atoms with E-state index in [-0.39, 0.29) is 29.7 Å². The molecule has 0 radical (unpaired) electrons. The summed E-state index contributed by atoms with van der Waals surface area (Å²) in [6.45, 7) is 6.87. The van der Waals surface area contributed by atoms with E-state index in [1.54, 1.807) is 19.9 Å². The number of piperazine rings is 1. The fraction of sp³-hybridized carbons (Fsp3) is 0.360. The number of nitrogens with one attached hydrogen (secondary N) is 1. The van der Waals surface area contributed by atoms with Crippen LogP contribution < -0.4 is 10.1 Å². The van der Waals surface area contributed by atoms with Crippen LogP contribution in [0.4, 0.5) is 5.69 Å². The van der Waals surface area contributed by atoms with E-state index in [0.717, 1.165) is 5.56 Å². The number of anilines is 1. The van der Waals surface area contributed by atoms with E-state index in [4.69, 9.17) is 9.26 Å². The largest absolute Gasteiger partial charge is 0.492 e. The van der Waals surface area contributed by atoms with Gasteiger partial charge in [-0.2, -0.15) is 4.31 Å². The molecule has 1 atom stereocenters. The van der Waals surface area contributed by atoms with Gasteiger partial charge in [0.2, 0.25) is 15.9 Å². The van der Waals surface area contributed by atoms with Gasteiger partial charge in [-0.3, -0.25) is 9.69 Å². The number of hydrogen-bond donors (Lipinski definition) is 1. The summed E-state index contributed by atoms with van der Waals surface area (Å²) in [5, 5.41) is 6.80. The molecule has 0 spiro atoms. The van der Waals surface area contributed by atoms with Crippen LogP contribution >= 0.6 is 0 Å². The first-order valence-corrected chi connectivity index (χ1v) is 13.0. The number of hydrogen-bond acceptors (Lipinski definition) is 7. The molecule has 0 bridgehead atoms. The van der Waals surface area contributed by atoms with Gasteiger partial charge in [-0.1, -0.05) is 47.6 Å². The molecule has 1 fully saturated rings. The standard InChI is InChI=1S/C25H30N4O5S/c1-4-33-22-13-9-8-12-21(22)26-25(30)23(20-10-6-5-7-11-20)28-14-16-29(17-15-28)35(31,32)24-18(2)27-34-19(24)3/h5-13,23H,4,14-17H2,1-3H3,(H,26,30). The van der Waals surface area contributed by atoms with Crippen molar-refractivity contribution in [3.63, 3.8) is 0 Å². The van der Waals surface area contributed by atoms with E-state index in [1.807, 2.05) is 60.4 Å². The Hall–Kier alpha value is -3.21. The molecule has 1 unspecified atom stereocenters. The van der Waals surface area contributed by atoms with Crippen molar-refractivity contribution >= 4 is 21.6 Å². The van der Waals surface area contributed by atoms with Gasteiger partial charge in [0.15, 0.2) is 5.76 Å². The van der Waals surface area contributed by atoms with Crippen LogP contribution in [0.2, 0.25) is 0 Å². The summed E-state index contributed by atoms with van der Waals surface area (Å²) in [5.74, 6) is 0.676. The number of sulfonamides is 1. The summed E-state index contributed by atoms with van der Waals surface area (Å²) in [4.78, 5) is 15.7. The van der Waals surface area contributed by atoms with Crippen molar-refractivity contribution in [3.8, 4) is 5.75 Å². The highest BCUT2D eigenvalue weighted by Gasteiger charge is 2.37. The summed E-state index contributed by atoms with van der Waals surface area (Å²) in [5.41, 5.74) is 1.78. The van der Waals surface area contributed by atoms with Crippen LogP contribution in [0.25, 0.3) is 0 Å². The molecule has 2 aromatic carbocycles. The normalized spacial score (nSPS) is 16.1. The molecule has 35 heavy (non-hydrogen) atoms. The fourth-order valence-electron chi connectivity index (χ4n) is 4.39. The number of rotatable bonds is 8. The van der Waals surface area contributed by atoms with Crippen LogP contribution in [0.1, 0.15) is 30.0 Å². The molecule has 1 aliphatic rings. The topological polar surface area (TPSA) is 105 Å². The Balaban J connectivity index is 1.55. The van der Waals surface area contributed by atoms with Crippen molar-refractivity contribution in [2.45, 2.75) is 31.7 Å². The SMILES string of the molecule is CCOc1ccccc1NC(=O)C(c1ccccc1)N1CCN(S(=O)(=O)c2c(C)noc2C)CC1. The van der Waals surface area contributed by atoms with E-state index in [9.17, 15) is 13.2 Å². The molecule has 186 valence electrons. The Morgan fingerprint density at radius 1 is 1.06 bits per heavy atom. The van der Waals surface area contributed by atoms with Crippen LogP contribution in [0.3, 0.4) is 0 Å². The minimum atomic E-state index is -3.74. The van der Waals surface area contributed by atoms with Crippen molar-refractivity contribution in [3.05, 3.63) is 71.6 Å². The molecule has 1 aromatic heterocycles. The number of amides is 1. The quantitative estimate of drug-likeness (QED) is 0.508. The Morgan fingerprint density at radius 2 is 1.71 bits per heavy atom. The number of benzene rings is 2. The lowest BCUT2D eigenvalue weighted by molar-refractivity contribution is -0.122. The van der Waals surface area contributed by atoms with Gasteiger partial charge in [0.05, 0.1) is 12.3 Å². The van der Waals surface area contributed by atoms with E-state index in [2.05, 4.69) is 10.5 Å². The van der Waals surface area contributed by atoms with Crippen molar-refractivity contribution in [2.75, 3.05) is 38.1 Å². The zero-order valence-corrected chi connectivity index (χ0v) is 20.9. The second-order valence-corrected chi connectivity index (χ2v) is 10.2. The lowest BCUT2D eigenvalue weighted by Gasteiger charge is -2.38. The summed E-state index contributed by atoms with van der Waals surface area (Å²) in [6, 6.07) is 16.2. The van der Waals surface area contributed by atoms with E-state index in [1.165, 1.54) is 4.31 Å². The molecule has 1 saturated heterocycles. The molecular formula is C25H30N4O5S. The number of carbonyl (C=O) groups is 1. The number of carbonyl (C=O) groups excluding carboxylic acids is 1. The molecule has 0 aliphatic carbocycles.